The Balaban J connectivity index is 1.91. The van der Waals surface area contributed by atoms with Crippen molar-refractivity contribution in [3.8, 4) is 11.5 Å². The zero-order valence-corrected chi connectivity index (χ0v) is 22.5. The number of ether oxygens (including phenoxy) is 2. The minimum atomic E-state index is -0.705. The van der Waals surface area contributed by atoms with Crippen molar-refractivity contribution >= 4 is 11.8 Å². The largest absolute Gasteiger partial charge is 0.497 e. The minimum Gasteiger partial charge on any atom is -0.497 e. The fourth-order valence-corrected chi connectivity index (χ4v) is 3.98. The molecule has 3 aromatic rings. The SMILES string of the molecule is COc1cccc(CN(C(=O)COc2ccc(C)c(C)c2)[C@H](Cc2ccccc2)C(=O)NCC(C)C)c1. The van der Waals surface area contributed by atoms with E-state index in [9.17, 15) is 9.59 Å². The third-order valence-corrected chi connectivity index (χ3v) is 6.28. The van der Waals surface area contributed by atoms with E-state index < -0.39 is 6.04 Å². The summed E-state index contributed by atoms with van der Waals surface area (Å²) in [6, 6.07) is 22.4. The molecule has 0 aliphatic rings. The molecule has 0 spiro atoms. The van der Waals surface area contributed by atoms with Gasteiger partial charge in [0, 0.05) is 19.5 Å². The molecule has 0 saturated carbocycles. The van der Waals surface area contributed by atoms with Gasteiger partial charge < -0.3 is 19.7 Å². The third-order valence-electron chi connectivity index (χ3n) is 6.28. The number of rotatable bonds is 12. The number of benzene rings is 3. The van der Waals surface area contributed by atoms with Gasteiger partial charge in [-0.3, -0.25) is 9.59 Å². The number of carbonyl (C=O) groups is 2. The Morgan fingerprint density at radius 1 is 0.865 bits per heavy atom. The van der Waals surface area contributed by atoms with Gasteiger partial charge in [0.15, 0.2) is 6.61 Å². The number of amides is 2. The van der Waals surface area contributed by atoms with Crippen molar-refractivity contribution in [1.29, 1.82) is 0 Å². The summed E-state index contributed by atoms with van der Waals surface area (Å²) in [5.41, 5.74) is 4.09. The smallest absolute Gasteiger partial charge is 0.261 e. The number of methoxy groups -OCH3 is 1. The number of aryl methyl sites for hydroxylation is 2. The van der Waals surface area contributed by atoms with Gasteiger partial charge in [-0.25, -0.2) is 0 Å². The van der Waals surface area contributed by atoms with Crippen LogP contribution in [0, 0.1) is 19.8 Å². The fraction of sp³-hybridized carbons (Fsp3) is 0.355. The Labute approximate surface area is 220 Å². The molecule has 1 N–H and O–H groups in total. The lowest BCUT2D eigenvalue weighted by atomic mass is 10.0. The van der Waals surface area contributed by atoms with Crippen molar-refractivity contribution in [2.75, 3.05) is 20.3 Å². The molecule has 2 amide bonds. The van der Waals surface area contributed by atoms with Crippen molar-refractivity contribution in [3.05, 3.63) is 95.1 Å². The molecule has 0 unspecified atom stereocenters. The van der Waals surface area contributed by atoms with E-state index in [-0.39, 0.29) is 30.9 Å². The van der Waals surface area contributed by atoms with Gasteiger partial charge in [-0.15, -0.1) is 0 Å². The lowest BCUT2D eigenvalue weighted by Gasteiger charge is -2.31. The summed E-state index contributed by atoms with van der Waals surface area (Å²) in [4.78, 5) is 28.8. The van der Waals surface area contributed by atoms with Crippen LogP contribution in [0.1, 0.15) is 36.1 Å². The Morgan fingerprint density at radius 3 is 2.27 bits per heavy atom. The molecule has 0 aliphatic carbocycles. The zero-order valence-electron chi connectivity index (χ0n) is 22.5. The summed E-state index contributed by atoms with van der Waals surface area (Å²) in [5.74, 6) is 1.17. The molecule has 0 fully saturated rings. The summed E-state index contributed by atoms with van der Waals surface area (Å²) in [6.45, 7) is 8.74. The topological polar surface area (TPSA) is 67.9 Å². The van der Waals surface area contributed by atoms with Gasteiger partial charge in [-0.1, -0.05) is 62.4 Å². The van der Waals surface area contributed by atoms with E-state index >= 15 is 0 Å². The highest BCUT2D eigenvalue weighted by Gasteiger charge is 2.30. The van der Waals surface area contributed by atoms with Crippen molar-refractivity contribution in [2.24, 2.45) is 5.92 Å². The summed E-state index contributed by atoms with van der Waals surface area (Å²) < 4.78 is 11.3. The second-order valence-electron chi connectivity index (χ2n) is 9.75. The van der Waals surface area contributed by atoms with Crippen LogP contribution in [0.5, 0.6) is 11.5 Å². The van der Waals surface area contributed by atoms with E-state index in [1.54, 1.807) is 12.0 Å². The Kier molecular flexibility index (Phi) is 10.1. The van der Waals surface area contributed by atoms with Crippen LogP contribution in [0.25, 0.3) is 0 Å². The molecule has 0 radical (unpaired) electrons. The number of nitrogens with one attached hydrogen (secondary N) is 1. The first-order valence-electron chi connectivity index (χ1n) is 12.7. The molecule has 0 aromatic heterocycles. The van der Waals surface area contributed by atoms with Crippen molar-refractivity contribution < 1.29 is 19.1 Å². The molecule has 196 valence electrons. The molecule has 3 rings (SSSR count). The lowest BCUT2D eigenvalue weighted by molar-refractivity contribution is -0.142. The quantitative estimate of drug-likeness (QED) is 0.374. The van der Waals surface area contributed by atoms with E-state index in [0.29, 0.717) is 24.5 Å². The molecule has 6 nitrogen and oxygen atoms in total. The van der Waals surface area contributed by atoms with Crippen LogP contribution in [0.4, 0.5) is 0 Å². The highest BCUT2D eigenvalue weighted by atomic mass is 16.5. The van der Waals surface area contributed by atoms with Crippen LogP contribution in [0.3, 0.4) is 0 Å². The van der Waals surface area contributed by atoms with Gasteiger partial charge in [0.25, 0.3) is 5.91 Å². The Bertz CT molecular complexity index is 1180. The molecular weight excluding hydrogens is 464 g/mol. The second-order valence-corrected chi connectivity index (χ2v) is 9.75. The number of hydrogen-bond acceptors (Lipinski definition) is 4. The maximum absolute atomic E-state index is 13.7. The first-order valence-corrected chi connectivity index (χ1v) is 12.7. The third kappa shape index (κ3) is 8.38. The maximum atomic E-state index is 13.7. The van der Waals surface area contributed by atoms with Gasteiger partial charge in [0.1, 0.15) is 17.5 Å². The first kappa shape index (κ1) is 27.8. The Morgan fingerprint density at radius 2 is 1.59 bits per heavy atom. The normalized spacial score (nSPS) is 11.6. The predicted molar refractivity (Wildman–Crippen MR) is 147 cm³/mol. The van der Waals surface area contributed by atoms with Gasteiger partial charge in [-0.05, 0) is 66.3 Å². The van der Waals surface area contributed by atoms with Crippen molar-refractivity contribution in [3.63, 3.8) is 0 Å². The molecule has 0 aliphatic heterocycles. The molecular formula is C31H38N2O4. The van der Waals surface area contributed by atoms with Crippen molar-refractivity contribution in [1.82, 2.24) is 10.2 Å². The highest BCUT2D eigenvalue weighted by Crippen LogP contribution is 2.20. The number of carbonyl (C=O) groups excluding carboxylic acids is 2. The van der Waals surface area contributed by atoms with Crippen LogP contribution in [0.2, 0.25) is 0 Å². The van der Waals surface area contributed by atoms with Gasteiger partial charge >= 0.3 is 0 Å². The van der Waals surface area contributed by atoms with E-state index in [4.69, 9.17) is 9.47 Å². The number of hydrogen-bond donors (Lipinski definition) is 1. The molecule has 0 bridgehead atoms. The van der Waals surface area contributed by atoms with Crippen LogP contribution in [0.15, 0.2) is 72.8 Å². The van der Waals surface area contributed by atoms with Gasteiger partial charge in [0.05, 0.1) is 7.11 Å². The van der Waals surface area contributed by atoms with E-state index in [0.717, 1.165) is 22.3 Å². The average molecular weight is 503 g/mol. The Hall–Kier alpha value is -3.80. The summed E-state index contributed by atoms with van der Waals surface area (Å²) in [7, 11) is 1.61. The van der Waals surface area contributed by atoms with E-state index in [1.165, 1.54) is 0 Å². The minimum absolute atomic E-state index is 0.171. The van der Waals surface area contributed by atoms with Crippen LogP contribution >= 0.6 is 0 Å². The first-order chi connectivity index (χ1) is 17.8. The lowest BCUT2D eigenvalue weighted by Crippen LogP contribution is -2.52. The second kappa shape index (κ2) is 13.5. The van der Waals surface area contributed by atoms with Crippen molar-refractivity contribution in [2.45, 2.75) is 46.7 Å². The van der Waals surface area contributed by atoms with Crippen LogP contribution in [-0.4, -0.2) is 43.0 Å². The molecule has 1 atom stereocenters. The van der Waals surface area contributed by atoms with E-state index in [2.05, 4.69) is 5.32 Å². The molecule has 37 heavy (non-hydrogen) atoms. The van der Waals surface area contributed by atoms with Gasteiger partial charge in [0.2, 0.25) is 5.91 Å². The monoisotopic (exact) mass is 502 g/mol. The highest BCUT2D eigenvalue weighted by molar-refractivity contribution is 5.88. The average Bonchev–Trinajstić information content (AvgIpc) is 2.90. The standard InChI is InChI=1S/C31H38N2O4/c1-22(2)19-32-31(35)29(18-25-10-7-6-8-11-25)33(20-26-12-9-13-27(17-26)36-5)30(34)21-37-28-15-14-23(3)24(4)16-28/h6-17,22,29H,18-21H2,1-5H3,(H,32,35)/t29-/m1/s1. The number of nitrogens with zero attached hydrogens (tertiary/aromatic N) is 1. The summed E-state index contributed by atoms with van der Waals surface area (Å²) in [6.07, 6.45) is 0.393. The van der Waals surface area contributed by atoms with Gasteiger partial charge in [-0.2, -0.15) is 0 Å². The van der Waals surface area contributed by atoms with E-state index in [1.807, 2.05) is 100 Å². The fourth-order valence-electron chi connectivity index (χ4n) is 3.98. The summed E-state index contributed by atoms with van der Waals surface area (Å²) >= 11 is 0. The summed E-state index contributed by atoms with van der Waals surface area (Å²) in [5, 5.41) is 3.04. The zero-order chi connectivity index (χ0) is 26.8. The molecule has 6 heteroatoms. The molecule has 0 heterocycles. The van der Waals surface area contributed by atoms with Crippen LogP contribution in [-0.2, 0) is 22.6 Å². The maximum Gasteiger partial charge on any atom is 0.261 e. The molecule has 0 saturated heterocycles. The molecule has 3 aromatic carbocycles. The van der Waals surface area contributed by atoms with Crippen LogP contribution < -0.4 is 14.8 Å². The predicted octanol–water partition coefficient (Wildman–Crippen LogP) is 5.10.